The molecule has 7 heteroatoms. The maximum atomic E-state index is 5.41. The third-order valence-electron chi connectivity index (χ3n) is 3.87. The first-order chi connectivity index (χ1) is 11.7. The highest BCUT2D eigenvalue weighted by Gasteiger charge is 2.17. The maximum absolute atomic E-state index is 5.41. The second-order valence-electron chi connectivity index (χ2n) is 5.50. The lowest BCUT2D eigenvalue weighted by atomic mass is 10.1. The van der Waals surface area contributed by atoms with E-state index in [2.05, 4.69) is 10.6 Å². The lowest BCUT2D eigenvalue weighted by Gasteiger charge is -2.18. The second kappa shape index (κ2) is 6.09. The Balaban J connectivity index is 1.40. The van der Waals surface area contributed by atoms with Gasteiger partial charge in [0.15, 0.2) is 28.1 Å². The van der Waals surface area contributed by atoms with Crippen molar-refractivity contribution in [2.45, 2.75) is 13.0 Å². The summed E-state index contributed by atoms with van der Waals surface area (Å²) >= 11 is 5.39. The van der Waals surface area contributed by atoms with Gasteiger partial charge in [0.25, 0.3) is 0 Å². The molecular weight excluding hydrogens is 328 g/mol. The molecule has 4 rings (SSSR count). The van der Waals surface area contributed by atoms with E-state index in [9.17, 15) is 0 Å². The molecule has 124 valence electrons. The first kappa shape index (κ1) is 14.9. The summed E-state index contributed by atoms with van der Waals surface area (Å²) in [5.41, 5.74) is 1.91. The predicted octanol–water partition coefficient (Wildman–Crippen LogP) is 3.19. The largest absolute Gasteiger partial charge is 0.454 e. The second-order valence-corrected chi connectivity index (χ2v) is 5.91. The average Bonchev–Trinajstić information content (AvgIpc) is 3.22. The van der Waals surface area contributed by atoms with Gasteiger partial charge in [0.2, 0.25) is 13.6 Å². The van der Waals surface area contributed by atoms with Crippen molar-refractivity contribution in [1.29, 1.82) is 0 Å². The van der Waals surface area contributed by atoms with Crippen LogP contribution in [0.25, 0.3) is 0 Å². The van der Waals surface area contributed by atoms with Crippen LogP contribution in [-0.2, 0) is 0 Å². The van der Waals surface area contributed by atoms with E-state index in [0.717, 1.165) is 28.5 Å². The summed E-state index contributed by atoms with van der Waals surface area (Å²) in [6.07, 6.45) is 0. The highest BCUT2D eigenvalue weighted by molar-refractivity contribution is 7.80. The van der Waals surface area contributed by atoms with Crippen molar-refractivity contribution in [3.63, 3.8) is 0 Å². The van der Waals surface area contributed by atoms with Crippen molar-refractivity contribution in [2.75, 3.05) is 18.9 Å². The zero-order valence-corrected chi connectivity index (χ0v) is 13.8. The Bertz CT molecular complexity index is 796. The molecule has 2 aliphatic rings. The van der Waals surface area contributed by atoms with Crippen LogP contribution in [0, 0.1) is 0 Å². The Morgan fingerprint density at radius 3 is 2.29 bits per heavy atom. The van der Waals surface area contributed by atoms with Gasteiger partial charge in [0.05, 0.1) is 6.04 Å². The fourth-order valence-corrected chi connectivity index (χ4v) is 2.90. The minimum absolute atomic E-state index is 0.0218. The molecule has 0 aromatic heterocycles. The van der Waals surface area contributed by atoms with E-state index < -0.39 is 0 Å². The fourth-order valence-electron chi connectivity index (χ4n) is 2.60. The van der Waals surface area contributed by atoms with Crippen LogP contribution in [0.3, 0.4) is 0 Å². The Morgan fingerprint density at radius 2 is 1.54 bits per heavy atom. The highest BCUT2D eigenvalue weighted by atomic mass is 32.1. The quantitative estimate of drug-likeness (QED) is 0.829. The number of anilines is 1. The number of hydrogen-bond acceptors (Lipinski definition) is 5. The van der Waals surface area contributed by atoms with Crippen LogP contribution < -0.4 is 29.6 Å². The van der Waals surface area contributed by atoms with Crippen LogP contribution in [0.5, 0.6) is 23.0 Å². The molecule has 2 N–H and O–H groups in total. The third kappa shape index (κ3) is 2.90. The Hall–Kier alpha value is -2.67. The SMILES string of the molecule is C[C@H](NC(=S)Nc1ccc2c(c1)OCO2)c1ccc2c(c1)OCO2. The molecule has 0 saturated heterocycles. The standard InChI is InChI=1S/C17H16N2O4S/c1-10(11-2-4-13-15(6-11)22-8-20-13)18-17(24)19-12-3-5-14-16(7-12)23-9-21-14/h2-7,10H,8-9H2,1H3,(H2,18,19,24)/t10-/m0/s1. The summed E-state index contributed by atoms with van der Waals surface area (Å²) in [6.45, 7) is 2.55. The van der Waals surface area contributed by atoms with E-state index in [1.54, 1.807) is 0 Å². The van der Waals surface area contributed by atoms with Crippen LogP contribution in [0.4, 0.5) is 5.69 Å². The van der Waals surface area contributed by atoms with Crippen LogP contribution in [0.2, 0.25) is 0 Å². The lowest BCUT2D eigenvalue weighted by Crippen LogP contribution is -2.30. The highest BCUT2D eigenvalue weighted by Crippen LogP contribution is 2.35. The van der Waals surface area contributed by atoms with Gasteiger partial charge in [-0.25, -0.2) is 0 Å². The van der Waals surface area contributed by atoms with E-state index >= 15 is 0 Å². The molecule has 0 spiro atoms. The molecule has 0 fully saturated rings. The van der Waals surface area contributed by atoms with Gasteiger partial charge >= 0.3 is 0 Å². The molecule has 2 aliphatic heterocycles. The van der Waals surface area contributed by atoms with Gasteiger partial charge in [-0.2, -0.15) is 0 Å². The number of thiocarbonyl (C=S) groups is 1. The summed E-state index contributed by atoms with van der Waals surface area (Å²) in [7, 11) is 0. The van der Waals surface area contributed by atoms with Crippen molar-refractivity contribution in [2.24, 2.45) is 0 Å². The first-order valence-corrected chi connectivity index (χ1v) is 7.96. The Kier molecular flexibility index (Phi) is 3.78. The van der Waals surface area contributed by atoms with Crippen LogP contribution >= 0.6 is 12.2 Å². The molecule has 0 saturated carbocycles. The van der Waals surface area contributed by atoms with Gasteiger partial charge in [-0.3, -0.25) is 0 Å². The average molecular weight is 344 g/mol. The van der Waals surface area contributed by atoms with Gasteiger partial charge in [-0.05, 0) is 49.0 Å². The van der Waals surface area contributed by atoms with E-state index in [1.165, 1.54) is 0 Å². The minimum Gasteiger partial charge on any atom is -0.454 e. The first-order valence-electron chi connectivity index (χ1n) is 7.56. The number of rotatable bonds is 3. The number of hydrogen-bond donors (Lipinski definition) is 2. The third-order valence-corrected chi connectivity index (χ3v) is 4.09. The number of benzene rings is 2. The summed E-state index contributed by atoms with van der Waals surface area (Å²) in [4.78, 5) is 0. The summed E-state index contributed by atoms with van der Waals surface area (Å²) in [6, 6.07) is 11.5. The van der Waals surface area contributed by atoms with Crippen LogP contribution in [0.1, 0.15) is 18.5 Å². The van der Waals surface area contributed by atoms with Gasteiger partial charge in [-0.1, -0.05) is 6.07 Å². The van der Waals surface area contributed by atoms with Crippen molar-refractivity contribution in [1.82, 2.24) is 5.32 Å². The monoisotopic (exact) mass is 344 g/mol. The molecule has 2 aromatic carbocycles. The van der Waals surface area contributed by atoms with Gasteiger partial charge in [-0.15, -0.1) is 0 Å². The fraction of sp³-hybridized carbons (Fsp3) is 0.235. The molecule has 6 nitrogen and oxygen atoms in total. The smallest absolute Gasteiger partial charge is 0.231 e. The molecule has 0 aliphatic carbocycles. The van der Waals surface area contributed by atoms with Gasteiger partial charge in [0, 0.05) is 11.8 Å². The molecule has 0 radical (unpaired) electrons. The zero-order valence-electron chi connectivity index (χ0n) is 13.0. The number of nitrogens with one attached hydrogen (secondary N) is 2. The van der Waals surface area contributed by atoms with E-state index in [4.69, 9.17) is 31.2 Å². The normalized spacial score (nSPS) is 15.0. The van der Waals surface area contributed by atoms with Crippen molar-refractivity contribution in [3.05, 3.63) is 42.0 Å². The van der Waals surface area contributed by atoms with E-state index in [-0.39, 0.29) is 19.6 Å². The maximum Gasteiger partial charge on any atom is 0.231 e. The van der Waals surface area contributed by atoms with E-state index in [1.807, 2.05) is 43.3 Å². The molecule has 0 amide bonds. The molecule has 0 unspecified atom stereocenters. The molecular formula is C17H16N2O4S. The van der Waals surface area contributed by atoms with Gasteiger partial charge < -0.3 is 29.6 Å². The van der Waals surface area contributed by atoms with Crippen molar-refractivity contribution < 1.29 is 18.9 Å². The lowest BCUT2D eigenvalue weighted by molar-refractivity contribution is 0.173. The molecule has 24 heavy (non-hydrogen) atoms. The molecule has 2 heterocycles. The van der Waals surface area contributed by atoms with Gasteiger partial charge in [0.1, 0.15) is 0 Å². The van der Waals surface area contributed by atoms with Crippen molar-refractivity contribution >= 4 is 23.0 Å². The summed E-state index contributed by atoms with van der Waals surface area (Å²) in [5, 5.41) is 6.94. The molecule has 2 aromatic rings. The predicted molar refractivity (Wildman–Crippen MR) is 92.9 cm³/mol. The summed E-state index contributed by atoms with van der Waals surface area (Å²) in [5.74, 6) is 2.99. The van der Waals surface area contributed by atoms with Crippen LogP contribution in [0.15, 0.2) is 36.4 Å². The topological polar surface area (TPSA) is 61.0 Å². The molecule has 1 atom stereocenters. The number of fused-ring (bicyclic) bond motifs is 2. The van der Waals surface area contributed by atoms with E-state index in [0.29, 0.717) is 10.9 Å². The molecule has 0 bridgehead atoms. The minimum atomic E-state index is 0.0218. The Labute approximate surface area is 144 Å². The van der Waals surface area contributed by atoms with Crippen molar-refractivity contribution in [3.8, 4) is 23.0 Å². The Morgan fingerprint density at radius 1 is 0.917 bits per heavy atom. The van der Waals surface area contributed by atoms with Crippen LogP contribution in [-0.4, -0.2) is 18.7 Å². The number of ether oxygens (including phenoxy) is 4. The zero-order chi connectivity index (χ0) is 16.5. The summed E-state index contributed by atoms with van der Waals surface area (Å²) < 4.78 is 21.4.